The summed E-state index contributed by atoms with van der Waals surface area (Å²) in [6, 6.07) is 60.4. The predicted octanol–water partition coefficient (Wildman–Crippen LogP) is 12.7. The van der Waals surface area contributed by atoms with Crippen molar-refractivity contribution in [2.75, 3.05) is 0 Å². The van der Waals surface area contributed by atoms with Crippen LogP contribution in [0.2, 0.25) is 0 Å². The zero-order valence-electron chi connectivity index (χ0n) is 28.8. The maximum Gasteiger partial charge on any atom is 0.0547 e. The molecule has 0 amide bonds. The quantitative estimate of drug-likeness (QED) is 0.167. The van der Waals surface area contributed by atoms with Gasteiger partial charge in [0.15, 0.2) is 0 Å². The van der Waals surface area contributed by atoms with Gasteiger partial charge in [-0.25, -0.2) is 0 Å². The Hall–Kier alpha value is -6.38. The van der Waals surface area contributed by atoms with Gasteiger partial charge >= 0.3 is 0 Å². The van der Waals surface area contributed by atoms with E-state index in [2.05, 4.69) is 191 Å². The third-order valence-corrected chi connectivity index (χ3v) is 11.5. The molecule has 2 aromatic heterocycles. The molecule has 11 rings (SSSR count). The molecule has 0 aliphatic heterocycles. The highest BCUT2D eigenvalue weighted by atomic mass is 15.0. The first kappa shape index (κ1) is 29.4. The number of benzene rings is 7. The molecule has 9 aromatic rings. The van der Waals surface area contributed by atoms with Gasteiger partial charge in [-0.3, -0.25) is 0 Å². The van der Waals surface area contributed by atoms with Crippen molar-refractivity contribution in [3.63, 3.8) is 0 Å². The highest BCUT2D eigenvalue weighted by molar-refractivity contribution is 6.17. The molecule has 0 spiro atoms. The number of nitrogens with zero attached hydrogens (tertiary/aromatic N) is 2. The fourth-order valence-electron chi connectivity index (χ4n) is 8.97. The van der Waals surface area contributed by atoms with Gasteiger partial charge in [-0.1, -0.05) is 133 Å². The minimum atomic E-state index is 0.623. The van der Waals surface area contributed by atoms with Crippen molar-refractivity contribution in [1.82, 2.24) is 9.13 Å². The fourth-order valence-corrected chi connectivity index (χ4v) is 8.97. The van der Waals surface area contributed by atoms with Crippen LogP contribution in [-0.2, 0) is 6.42 Å². The van der Waals surface area contributed by atoms with Crippen molar-refractivity contribution >= 4 is 49.2 Å². The average Bonchev–Trinajstić information content (AvgIpc) is 3.83. The number of aromatic nitrogens is 2. The summed E-state index contributed by atoms with van der Waals surface area (Å²) in [6.07, 6.45) is 9.22. The number of rotatable bonds is 6. The highest BCUT2D eigenvalue weighted by Crippen LogP contribution is 2.52. The molecule has 0 saturated heterocycles. The standard InChI is InChI=1S/C50H36N2/c1-3-13-33(14-4-1)29-35-25-27-38(32-45(35)40-21-11-15-34-30-44(34)40)52-46-22-9-7-18-41(46)42-28-26-36(31-49(42)52)39-20-12-24-48-50(39)43-19-8-10-23-47(43)51(48)37-16-5-2-6-17-37/h1-28,31-32,34,44H,29-30H2. The lowest BCUT2D eigenvalue weighted by Gasteiger charge is -2.18. The minimum absolute atomic E-state index is 0.623. The van der Waals surface area contributed by atoms with E-state index in [4.69, 9.17) is 0 Å². The van der Waals surface area contributed by atoms with E-state index in [-0.39, 0.29) is 0 Å². The van der Waals surface area contributed by atoms with Crippen LogP contribution in [0.15, 0.2) is 182 Å². The molecule has 2 nitrogen and oxygen atoms in total. The lowest BCUT2D eigenvalue weighted by Crippen LogP contribution is -2.02. The lowest BCUT2D eigenvalue weighted by molar-refractivity contribution is 0.991. The Morgan fingerprint density at radius 2 is 1.19 bits per heavy atom. The van der Waals surface area contributed by atoms with Gasteiger partial charge in [0.1, 0.15) is 0 Å². The van der Waals surface area contributed by atoms with Gasteiger partial charge in [0.2, 0.25) is 0 Å². The molecule has 7 aromatic carbocycles. The van der Waals surface area contributed by atoms with Crippen LogP contribution in [-0.4, -0.2) is 9.13 Å². The molecule has 2 heterocycles. The van der Waals surface area contributed by atoms with Crippen molar-refractivity contribution in [3.8, 4) is 22.5 Å². The van der Waals surface area contributed by atoms with Crippen molar-refractivity contribution < 1.29 is 0 Å². The maximum atomic E-state index is 2.50. The van der Waals surface area contributed by atoms with Crippen LogP contribution in [0.25, 0.3) is 71.7 Å². The average molecular weight is 665 g/mol. The van der Waals surface area contributed by atoms with Crippen LogP contribution in [0.3, 0.4) is 0 Å². The van der Waals surface area contributed by atoms with E-state index in [1.54, 1.807) is 0 Å². The van der Waals surface area contributed by atoms with Crippen molar-refractivity contribution in [2.24, 2.45) is 11.8 Å². The number of hydrogen-bond donors (Lipinski definition) is 0. The Balaban J connectivity index is 1.14. The Bertz CT molecular complexity index is 2900. The molecule has 0 N–H and O–H groups in total. The zero-order valence-corrected chi connectivity index (χ0v) is 28.8. The van der Waals surface area contributed by atoms with Crippen LogP contribution in [0, 0.1) is 11.8 Å². The second kappa shape index (κ2) is 11.6. The van der Waals surface area contributed by atoms with Crippen molar-refractivity contribution in [3.05, 3.63) is 199 Å². The second-order valence-electron chi connectivity index (χ2n) is 14.5. The van der Waals surface area contributed by atoms with Gasteiger partial charge in [0.25, 0.3) is 0 Å². The topological polar surface area (TPSA) is 9.86 Å². The van der Waals surface area contributed by atoms with Crippen LogP contribution < -0.4 is 0 Å². The monoisotopic (exact) mass is 664 g/mol. The Morgan fingerprint density at radius 1 is 0.500 bits per heavy atom. The summed E-state index contributed by atoms with van der Waals surface area (Å²) in [5.74, 6) is 1.30. The number of hydrogen-bond acceptors (Lipinski definition) is 0. The first-order valence-electron chi connectivity index (χ1n) is 18.5. The Kier molecular flexibility index (Phi) is 6.54. The molecule has 2 heteroatoms. The van der Waals surface area contributed by atoms with Gasteiger partial charge in [0, 0.05) is 32.9 Å². The molecule has 1 fully saturated rings. The van der Waals surface area contributed by atoms with Gasteiger partial charge in [-0.2, -0.15) is 0 Å². The molecular weight excluding hydrogens is 629 g/mol. The first-order valence-corrected chi connectivity index (χ1v) is 18.5. The SMILES string of the molecule is C1=CC2CC2C(c2cc(-n3c4ccccc4c4ccc(-c5cccc6c5c5ccccc5n6-c5ccccc5)cc43)ccc2Cc2ccccc2)=C1. The lowest BCUT2D eigenvalue weighted by atomic mass is 9.89. The van der Waals surface area contributed by atoms with E-state index in [9.17, 15) is 0 Å². The summed E-state index contributed by atoms with van der Waals surface area (Å²) >= 11 is 0. The molecular formula is C50H36N2. The van der Waals surface area contributed by atoms with Crippen LogP contribution in [0.5, 0.6) is 0 Å². The van der Waals surface area contributed by atoms with Crippen LogP contribution >= 0.6 is 0 Å². The van der Waals surface area contributed by atoms with E-state index in [0.717, 1.165) is 6.42 Å². The molecule has 2 atom stereocenters. The fraction of sp³-hybridized carbons (Fsp3) is 0.0800. The van der Waals surface area contributed by atoms with Gasteiger partial charge in [-0.15, -0.1) is 0 Å². The smallest absolute Gasteiger partial charge is 0.0547 e. The van der Waals surface area contributed by atoms with E-state index in [0.29, 0.717) is 11.8 Å². The van der Waals surface area contributed by atoms with Gasteiger partial charge in [-0.05, 0) is 107 Å². The largest absolute Gasteiger partial charge is 0.309 e. The third kappa shape index (κ3) is 4.57. The van der Waals surface area contributed by atoms with Gasteiger partial charge < -0.3 is 9.13 Å². The summed E-state index contributed by atoms with van der Waals surface area (Å²) in [5.41, 5.74) is 15.4. The summed E-state index contributed by atoms with van der Waals surface area (Å²) in [4.78, 5) is 0. The number of fused-ring (bicyclic) bond motifs is 7. The second-order valence-corrected chi connectivity index (χ2v) is 14.5. The van der Waals surface area contributed by atoms with Crippen molar-refractivity contribution in [2.45, 2.75) is 12.8 Å². The summed E-state index contributed by atoms with van der Waals surface area (Å²) < 4.78 is 4.91. The molecule has 52 heavy (non-hydrogen) atoms. The molecule has 0 radical (unpaired) electrons. The number of para-hydroxylation sites is 3. The van der Waals surface area contributed by atoms with E-state index < -0.39 is 0 Å². The molecule has 2 unspecified atom stereocenters. The number of allylic oxidation sites excluding steroid dienone is 4. The summed E-state index contributed by atoms with van der Waals surface area (Å²) in [7, 11) is 0. The molecule has 1 saturated carbocycles. The Morgan fingerprint density at radius 3 is 2.04 bits per heavy atom. The Labute approximate surface area is 303 Å². The van der Waals surface area contributed by atoms with E-state index in [1.807, 2.05) is 0 Å². The molecule has 2 aliphatic carbocycles. The van der Waals surface area contributed by atoms with Crippen LogP contribution in [0.1, 0.15) is 23.1 Å². The van der Waals surface area contributed by atoms with Crippen LogP contribution in [0.4, 0.5) is 0 Å². The molecule has 2 aliphatic rings. The minimum Gasteiger partial charge on any atom is -0.309 e. The van der Waals surface area contributed by atoms with Crippen molar-refractivity contribution in [1.29, 1.82) is 0 Å². The summed E-state index contributed by atoms with van der Waals surface area (Å²) in [5, 5.41) is 5.10. The van der Waals surface area contributed by atoms with Gasteiger partial charge in [0.05, 0.1) is 22.1 Å². The van der Waals surface area contributed by atoms with E-state index in [1.165, 1.54) is 94.8 Å². The molecule has 246 valence electrons. The zero-order chi connectivity index (χ0) is 34.2. The summed E-state index contributed by atoms with van der Waals surface area (Å²) in [6.45, 7) is 0. The highest BCUT2D eigenvalue weighted by Gasteiger charge is 2.40. The maximum absolute atomic E-state index is 2.50. The normalized spacial score (nSPS) is 16.5. The first-order chi connectivity index (χ1) is 25.8. The molecule has 0 bridgehead atoms. The third-order valence-electron chi connectivity index (χ3n) is 11.5. The predicted molar refractivity (Wildman–Crippen MR) is 219 cm³/mol. The van der Waals surface area contributed by atoms with E-state index >= 15 is 0 Å².